The average Bonchev–Trinajstić information content (AvgIpc) is 2.05. The Bertz CT molecular complexity index is 79.7. The van der Waals surface area contributed by atoms with Gasteiger partial charge in [-0.25, -0.2) is 0 Å². The summed E-state index contributed by atoms with van der Waals surface area (Å²) < 4.78 is 0. The Labute approximate surface area is 69.9 Å². The molecule has 2 atom stereocenters. The Morgan fingerprint density at radius 2 is 1.40 bits per heavy atom. The molecule has 1 aliphatic rings. The van der Waals surface area contributed by atoms with Gasteiger partial charge in [-0.05, 0) is 12.8 Å². The van der Waals surface area contributed by atoms with Gasteiger partial charge in [-0.1, -0.05) is 21.6 Å². The lowest BCUT2D eigenvalue weighted by atomic mass is 10.2. The molecule has 0 amide bonds. The highest BCUT2D eigenvalue weighted by molar-refractivity contribution is 8.77. The normalized spacial score (nSPS) is 34.2. The first-order valence-corrected chi connectivity index (χ1v) is 5.86. The predicted molar refractivity (Wildman–Crippen MR) is 50.1 cm³/mol. The maximum Gasteiger partial charge on any atom is 0.0274 e. The van der Waals surface area contributed by atoms with E-state index in [2.05, 4.69) is 0 Å². The first-order chi connectivity index (χ1) is 4.86. The van der Waals surface area contributed by atoms with E-state index in [0.29, 0.717) is 10.5 Å². The number of nitrogens with two attached hydrogens (primary N) is 2. The summed E-state index contributed by atoms with van der Waals surface area (Å²) in [5.41, 5.74) is 11.0. The Morgan fingerprint density at radius 3 is 1.60 bits per heavy atom. The molecule has 0 saturated carbocycles. The number of hydrogen-bond donors (Lipinski definition) is 2. The number of hydrogen-bond acceptors (Lipinski definition) is 4. The van der Waals surface area contributed by atoms with Crippen molar-refractivity contribution in [2.75, 3.05) is 13.1 Å². The third-order valence-corrected chi connectivity index (χ3v) is 5.14. The molecule has 0 aromatic rings. The van der Waals surface area contributed by atoms with Crippen molar-refractivity contribution in [3.05, 3.63) is 0 Å². The molecule has 1 fully saturated rings. The first-order valence-electron chi connectivity index (χ1n) is 3.59. The quantitative estimate of drug-likeness (QED) is 0.615. The van der Waals surface area contributed by atoms with E-state index >= 15 is 0 Å². The Balaban J connectivity index is 2.17. The summed E-state index contributed by atoms with van der Waals surface area (Å²) in [5.74, 6) is 0. The van der Waals surface area contributed by atoms with Crippen molar-refractivity contribution < 1.29 is 0 Å². The molecule has 2 nitrogen and oxygen atoms in total. The largest absolute Gasteiger partial charge is 0.329 e. The van der Waals surface area contributed by atoms with Gasteiger partial charge in [0.2, 0.25) is 0 Å². The van der Waals surface area contributed by atoms with Gasteiger partial charge < -0.3 is 11.5 Å². The maximum atomic E-state index is 5.52. The summed E-state index contributed by atoms with van der Waals surface area (Å²) in [6.45, 7) is 1.63. The molecule has 1 aliphatic heterocycles. The summed E-state index contributed by atoms with van der Waals surface area (Å²) >= 11 is 0. The zero-order valence-electron chi connectivity index (χ0n) is 5.95. The summed E-state index contributed by atoms with van der Waals surface area (Å²) in [4.78, 5) is 0. The molecule has 1 rings (SSSR count). The molecule has 0 aliphatic carbocycles. The topological polar surface area (TPSA) is 52.0 Å². The highest BCUT2D eigenvalue weighted by Crippen LogP contribution is 2.39. The van der Waals surface area contributed by atoms with Crippen LogP contribution in [0.1, 0.15) is 12.8 Å². The summed E-state index contributed by atoms with van der Waals surface area (Å²) in [7, 11) is 3.82. The van der Waals surface area contributed by atoms with E-state index in [-0.39, 0.29) is 0 Å². The molecule has 4 N–H and O–H groups in total. The lowest BCUT2D eigenvalue weighted by Gasteiger charge is -2.24. The van der Waals surface area contributed by atoms with Gasteiger partial charge in [-0.15, -0.1) is 0 Å². The molecule has 0 bridgehead atoms. The van der Waals surface area contributed by atoms with Crippen LogP contribution in [-0.4, -0.2) is 23.6 Å². The van der Waals surface area contributed by atoms with E-state index in [9.17, 15) is 0 Å². The molecule has 0 radical (unpaired) electrons. The standard InChI is InChI=1S/C6H14N2S2/c7-3-5-1-2-6(4-8)10-9-5/h5-6H,1-4,7-8H2/t5-,6+. The van der Waals surface area contributed by atoms with Gasteiger partial charge in [0.1, 0.15) is 0 Å². The molecule has 60 valence electrons. The van der Waals surface area contributed by atoms with E-state index in [0.717, 1.165) is 13.1 Å². The van der Waals surface area contributed by atoms with E-state index in [1.165, 1.54) is 12.8 Å². The Kier molecular flexibility index (Phi) is 3.91. The van der Waals surface area contributed by atoms with Crippen molar-refractivity contribution in [2.45, 2.75) is 23.3 Å². The van der Waals surface area contributed by atoms with E-state index < -0.39 is 0 Å². The second-order valence-electron chi connectivity index (χ2n) is 2.49. The van der Waals surface area contributed by atoms with Crippen LogP contribution in [0.15, 0.2) is 0 Å². The zero-order valence-corrected chi connectivity index (χ0v) is 7.59. The SMILES string of the molecule is NC[C@@H]1CC[C@H](CN)SS1. The fourth-order valence-electron chi connectivity index (χ4n) is 0.939. The fourth-order valence-corrected chi connectivity index (χ4v) is 3.87. The van der Waals surface area contributed by atoms with Crippen LogP contribution in [0.25, 0.3) is 0 Å². The first kappa shape index (κ1) is 8.71. The lowest BCUT2D eigenvalue weighted by Crippen LogP contribution is -2.25. The van der Waals surface area contributed by atoms with Gasteiger partial charge in [0.05, 0.1) is 0 Å². The van der Waals surface area contributed by atoms with Gasteiger partial charge in [0.15, 0.2) is 0 Å². The van der Waals surface area contributed by atoms with Crippen LogP contribution in [0.5, 0.6) is 0 Å². The van der Waals surface area contributed by atoms with Gasteiger partial charge >= 0.3 is 0 Å². The molecule has 1 saturated heterocycles. The summed E-state index contributed by atoms with van der Waals surface area (Å²) in [6.07, 6.45) is 2.49. The average molecular weight is 178 g/mol. The second-order valence-corrected chi connectivity index (χ2v) is 5.36. The fraction of sp³-hybridized carbons (Fsp3) is 1.00. The molecule has 0 aromatic heterocycles. The monoisotopic (exact) mass is 178 g/mol. The lowest BCUT2D eigenvalue weighted by molar-refractivity contribution is 0.672. The van der Waals surface area contributed by atoms with Gasteiger partial charge in [-0.3, -0.25) is 0 Å². The van der Waals surface area contributed by atoms with Crippen LogP contribution >= 0.6 is 21.6 Å². The van der Waals surface area contributed by atoms with Gasteiger partial charge in [0.25, 0.3) is 0 Å². The van der Waals surface area contributed by atoms with Crippen molar-refractivity contribution in [1.29, 1.82) is 0 Å². The summed E-state index contributed by atoms with van der Waals surface area (Å²) in [5, 5.41) is 1.35. The number of rotatable bonds is 2. The van der Waals surface area contributed by atoms with Crippen molar-refractivity contribution >= 4 is 21.6 Å². The third kappa shape index (κ3) is 2.34. The van der Waals surface area contributed by atoms with Crippen molar-refractivity contribution in [2.24, 2.45) is 11.5 Å². The Hall–Kier alpha value is 0.620. The Morgan fingerprint density at radius 1 is 1.00 bits per heavy atom. The van der Waals surface area contributed by atoms with Gasteiger partial charge in [0, 0.05) is 23.6 Å². The van der Waals surface area contributed by atoms with E-state index in [4.69, 9.17) is 11.5 Å². The van der Waals surface area contributed by atoms with Crippen LogP contribution < -0.4 is 11.5 Å². The van der Waals surface area contributed by atoms with Crippen molar-refractivity contribution in [3.63, 3.8) is 0 Å². The predicted octanol–water partition coefficient (Wildman–Crippen LogP) is 0.816. The van der Waals surface area contributed by atoms with E-state index in [1.54, 1.807) is 0 Å². The van der Waals surface area contributed by atoms with Crippen LogP contribution in [0.3, 0.4) is 0 Å². The minimum atomic E-state index is 0.674. The van der Waals surface area contributed by atoms with E-state index in [1.807, 2.05) is 21.6 Å². The van der Waals surface area contributed by atoms with Crippen LogP contribution in [-0.2, 0) is 0 Å². The second kappa shape index (κ2) is 4.49. The maximum absolute atomic E-state index is 5.52. The molecule has 1 heterocycles. The van der Waals surface area contributed by atoms with Crippen LogP contribution in [0.4, 0.5) is 0 Å². The minimum absolute atomic E-state index is 0.674. The van der Waals surface area contributed by atoms with Crippen molar-refractivity contribution in [1.82, 2.24) is 0 Å². The smallest absolute Gasteiger partial charge is 0.0274 e. The third-order valence-electron chi connectivity index (χ3n) is 1.66. The molecular formula is C6H14N2S2. The minimum Gasteiger partial charge on any atom is -0.329 e. The van der Waals surface area contributed by atoms with Crippen LogP contribution in [0.2, 0.25) is 0 Å². The van der Waals surface area contributed by atoms with Crippen LogP contribution in [0, 0.1) is 0 Å². The van der Waals surface area contributed by atoms with Gasteiger partial charge in [-0.2, -0.15) is 0 Å². The molecule has 0 aromatic carbocycles. The molecule has 4 heteroatoms. The highest BCUT2D eigenvalue weighted by Gasteiger charge is 2.19. The highest BCUT2D eigenvalue weighted by atomic mass is 33.1. The molecule has 0 unspecified atom stereocenters. The van der Waals surface area contributed by atoms with Crippen molar-refractivity contribution in [3.8, 4) is 0 Å². The molecular weight excluding hydrogens is 164 g/mol. The molecule has 0 spiro atoms. The molecule has 10 heavy (non-hydrogen) atoms. The zero-order chi connectivity index (χ0) is 7.40. The summed E-state index contributed by atoms with van der Waals surface area (Å²) in [6, 6.07) is 0.